The largest absolute Gasteiger partial charge is 0.497 e. The summed E-state index contributed by atoms with van der Waals surface area (Å²) >= 11 is 1.25. The number of ether oxygens (including phenoxy) is 1. The number of amidine groups is 1. The molecule has 2 heterocycles. The first-order chi connectivity index (χ1) is 13.6. The SMILES string of the molecule is COc1ccc(-n2cccc2/C=C2\SC(=Nc3ccc(F)cc3)NC2=O)cc1. The van der Waals surface area contributed by atoms with Crippen LogP contribution in [0.3, 0.4) is 0 Å². The number of rotatable bonds is 4. The molecule has 0 saturated carbocycles. The number of aromatic nitrogens is 1. The molecule has 1 aliphatic rings. The second-order valence-corrected chi connectivity index (χ2v) is 6.99. The quantitative estimate of drug-likeness (QED) is 0.663. The Morgan fingerprint density at radius 2 is 1.86 bits per heavy atom. The van der Waals surface area contributed by atoms with Gasteiger partial charge in [0.05, 0.1) is 17.7 Å². The van der Waals surface area contributed by atoms with E-state index in [2.05, 4.69) is 10.3 Å². The Morgan fingerprint density at radius 3 is 2.57 bits per heavy atom. The van der Waals surface area contributed by atoms with Gasteiger partial charge in [-0.2, -0.15) is 0 Å². The van der Waals surface area contributed by atoms with Crippen LogP contribution in [0.15, 0.2) is 76.8 Å². The van der Waals surface area contributed by atoms with E-state index in [9.17, 15) is 9.18 Å². The first-order valence-corrected chi connectivity index (χ1v) is 9.31. The van der Waals surface area contributed by atoms with Crippen LogP contribution in [0, 0.1) is 5.82 Å². The van der Waals surface area contributed by atoms with E-state index < -0.39 is 0 Å². The van der Waals surface area contributed by atoms with Crippen LogP contribution in [-0.2, 0) is 4.79 Å². The van der Waals surface area contributed by atoms with E-state index in [-0.39, 0.29) is 11.7 Å². The van der Waals surface area contributed by atoms with Gasteiger partial charge in [0.25, 0.3) is 5.91 Å². The summed E-state index contributed by atoms with van der Waals surface area (Å²) in [6, 6.07) is 17.3. The molecule has 1 N–H and O–H groups in total. The lowest BCUT2D eigenvalue weighted by molar-refractivity contribution is -0.115. The van der Waals surface area contributed by atoms with Gasteiger partial charge in [-0.15, -0.1) is 0 Å². The maximum atomic E-state index is 13.0. The first-order valence-electron chi connectivity index (χ1n) is 8.49. The number of amides is 1. The number of halogens is 1. The molecule has 1 aliphatic heterocycles. The van der Waals surface area contributed by atoms with Crippen molar-refractivity contribution in [3.05, 3.63) is 83.3 Å². The third-order valence-corrected chi connectivity index (χ3v) is 5.03. The molecule has 4 rings (SSSR count). The summed E-state index contributed by atoms with van der Waals surface area (Å²) in [5.41, 5.74) is 2.40. The van der Waals surface area contributed by atoms with Crippen LogP contribution in [0.2, 0.25) is 0 Å². The Balaban J connectivity index is 1.59. The summed E-state index contributed by atoms with van der Waals surface area (Å²) in [6.45, 7) is 0. The third-order valence-electron chi connectivity index (χ3n) is 4.12. The Morgan fingerprint density at radius 1 is 1.11 bits per heavy atom. The van der Waals surface area contributed by atoms with Crippen molar-refractivity contribution in [1.29, 1.82) is 0 Å². The van der Waals surface area contributed by atoms with E-state index in [0.717, 1.165) is 17.1 Å². The highest BCUT2D eigenvalue weighted by Gasteiger charge is 2.24. The number of methoxy groups -OCH3 is 1. The molecule has 140 valence electrons. The van der Waals surface area contributed by atoms with Gasteiger partial charge in [-0.3, -0.25) is 4.79 Å². The minimum atomic E-state index is -0.327. The van der Waals surface area contributed by atoms with Gasteiger partial charge in [0.1, 0.15) is 11.6 Å². The second kappa shape index (κ2) is 7.74. The van der Waals surface area contributed by atoms with E-state index in [1.165, 1.54) is 23.9 Å². The molecule has 1 fully saturated rings. The number of carbonyl (C=O) groups is 1. The Labute approximate surface area is 165 Å². The smallest absolute Gasteiger partial charge is 0.264 e. The maximum Gasteiger partial charge on any atom is 0.264 e. The molecule has 28 heavy (non-hydrogen) atoms. The fourth-order valence-electron chi connectivity index (χ4n) is 2.74. The van der Waals surface area contributed by atoms with E-state index in [4.69, 9.17) is 4.74 Å². The highest BCUT2D eigenvalue weighted by atomic mass is 32.2. The lowest BCUT2D eigenvalue weighted by Gasteiger charge is -2.08. The average molecular weight is 393 g/mol. The monoisotopic (exact) mass is 393 g/mol. The van der Waals surface area contributed by atoms with E-state index in [1.807, 2.05) is 53.2 Å². The van der Waals surface area contributed by atoms with Crippen molar-refractivity contribution in [2.24, 2.45) is 4.99 Å². The van der Waals surface area contributed by atoms with Crippen molar-refractivity contribution in [3.8, 4) is 11.4 Å². The van der Waals surface area contributed by atoms with Gasteiger partial charge in [0.2, 0.25) is 0 Å². The molecule has 0 aliphatic carbocycles. The number of carbonyl (C=O) groups excluding carboxylic acids is 1. The van der Waals surface area contributed by atoms with E-state index in [0.29, 0.717) is 15.8 Å². The molecular weight excluding hydrogens is 377 g/mol. The predicted octanol–water partition coefficient (Wildman–Crippen LogP) is 4.52. The summed E-state index contributed by atoms with van der Waals surface area (Å²) < 4.78 is 20.2. The molecule has 1 aromatic heterocycles. The molecule has 7 heteroatoms. The molecule has 0 spiro atoms. The second-order valence-electron chi connectivity index (χ2n) is 5.96. The molecule has 1 saturated heterocycles. The van der Waals surface area contributed by atoms with Crippen LogP contribution < -0.4 is 10.1 Å². The normalized spacial score (nSPS) is 16.6. The molecule has 1 amide bonds. The van der Waals surface area contributed by atoms with Crippen molar-refractivity contribution >= 4 is 34.6 Å². The minimum absolute atomic E-state index is 0.214. The van der Waals surface area contributed by atoms with E-state index in [1.54, 1.807) is 19.2 Å². The zero-order valence-electron chi connectivity index (χ0n) is 14.9. The topological polar surface area (TPSA) is 55.6 Å². The number of aliphatic imine (C=N–C) groups is 1. The van der Waals surface area contributed by atoms with Crippen LogP contribution in [0.5, 0.6) is 5.75 Å². The Bertz CT molecular complexity index is 1070. The van der Waals surface area contributed by atoms with Crippen LogP contribution in [0.4, 0.5) is 10.1 Å². The number of thioether (sulfide) groups is 1. The van der Waals surface area contributed by atoms with Gasteiger partial charge in [-0.05, 0) is 78.5 Å². The summed E-state index contributed by atoms with van der Waals surface area (Å²) in [4.78, 5) is 17.2. The number of hydrogen-bond donors (Lipinski definition) is 1. The predicted molar refractivity (Wildman–Crippen MR) is 110 cm³/mol. The molecular formula is C21H16FN3O2S. The van der Waals surface area contributed by atoms with Crippen LogP contribution in [0.25, 0.3) is 11.8 Å². The van der Waals surface area contributed by atoms with Gasteiger partial charge in [0, 0.05) is 17.6 Å². The van der Waals surface area contributed by atoms with Crippen LogP contribution >= 0.6 is 11.8 Å². The fraction of sp³-hybridized carbons (Fsp3) is 0.0476. The van der Waals surface area contributed by atoms with Gasteiger partial charge < -0.3 is 14.6 Å². The zero-order chi connectivity index (χ0) is 19.5. The highest BCUT2D eigenvalue weighted by molar-refractivity contribution is 8.18. The highest BCUT2D eigenvalue weighted by Crippen LogP contribution is 2.29. The average Bonchev–Trinajstić information content (AvgIpc) is 3.30. The first kappa shape index (κ1) is 18.1. The van der Waals surface area contributed by atoms with E-state index >= 15 is 0 Å². The minimum Gasteiger partial charge on any atom is -0.497 e. The maximum absolute atomic E-state index is 13.0. The van der Waals surface area contributed by atoms with Crippen LogP contribution in [-0.4, -0.2) is 22.8 Å². The summed E-state index contributed by atoms with van der Waals surface area (Å²) in [6.07, 6.45) is 3.75. The summed E-state index contributed by atoms with van der Waals surface area (Å²) in [7, 11) is 1.63. The Kier molecular flexibility index (Phi) is 4.99. The third kappa shape index (κ3) is 3.84. The molecule has 0 bridgehead atoms. The number of hydrogen-bond acceptors (Lipinski definition) is 4. The van der Waals surface area contributed by atoms with Gasteiger partial charge in [-0.1, -0.05) is 0 Å². The van der Waals surface area contributed by atoms with Crippen molar-refractivity contribution in [1.82, 2.24) is 9.88 Å². The Hall–Kier alpha value is -3.32. The van der Waals surface area contributed by atoms with Crippen molar-refractivity contribution < 1.29 is 13.9 Å². The van der Waals surface area contributed by atoms with Crippen molar-refractivity contribution in [2.45, 2.75) is 0 Å². The van der Waals surface area contributed by atoms with Gasteiger partial charge >= 0.3 is 0 Å². The number of benzene rings is 2. The molecule has 0 atom stereocenters. The van der Waals surface area contributed by atoms with Crippen molar-refractivity contribution in [2.75, 3.05) is 7.11 Å². The summed E-state index contributed by atoms with van der Waals surface area (Å²) in [5, 5.41) is 3.20. The molecule has 5 nitrogen and oxygen atoms in total. The lowest BCUT2D eigenvalue weighted by atomic mass is 10.3. The molecule has 0 unspecified atom stereocenters. The zero-order valence-corrected chi connectivity index (χ0v) is 15.7. The van der Waals surface area contributed by atoms with Gasteiger partial charge in [0.15, 0.2) is 5.17 Å². The molecule has 0 radical (unpaired) electrons. The van der Waals surface area contributed by atoms with Gasteiger partial charge in [-0.25, -0.2) is 9.38 Å². The summed E-state index contributed by atoms with van der Waals surface area (Å²) in [5.74, 6) is 0.239. The molecule has 2 aromatic carbocycles. The standard InChI is InChI=1S/C21H16FN3O2S/c1-27-18-10-8-16(9-11-18)25-12-2-3-17(25)13-19-20(26)24-21(28-19)23-15-6-4-14(22)5-7-15/h2-13H,1H3,(H,23,24,26)/b19-13-. The fourth-order valence-corrected chi connectivity index (χ4v) is 3.56. The lowest BCUT2D eigenvalue weighted by Crippen LogP contribution is -2.19. The van der Waals surface area contributed by atoms with Crippen LogP contribution in [0.1, 0.15) is 5.69 Å². The van der Waals surface area contributed by atoms with Crippen molar-refractivity contribution in [3.63, 3.8) is 0 Å². The molecule has 3 aromatic rings. The number of nitrogens with zero attached hydrogens (tertiary/aromatic N) is 2. The number of nitrogens with one attached hydrogen (secondary N) is 1.